The number of hydrogen-bond donors (Lipinski definition) is 0. The Kier molecular flexibility index (Phi) is 5.52. The van der Waals surface area contributed by atoms with E-state index in [1.807, 2.05) is 37.3 Å². The molecule has 3 aromatic rings. The van der Waals surface area contributed by atoms with Crippen molar-refractivity contribution < 1.29 is 4.79 Å². The van der Waals surface area contributed by atoms with E-state index in [9.17, 15) is 9.59 Å². The number of carbonyl (C=O) groups excluding carboxylic acids is 1. The van der Waals surface area contributed by atoms with Gasteiger partial charge < -0.3 is 4.90 Å². The molecular formula is C20H23N3O2S. The number of aryl methyl sites for hydroxylation is 2. The number of hydrogen-bond acceptors (Lipinski definition) is 4. The third kappa shape index (κ3) is 3.42. The third-order valence-corrected chi connectivity index (χ3v) is 5.75. The van der Waals surface area contributed by atoms with Gasteiger partial charge in [0.15, 0.2) is 0 Å². The molecule has 0 fully saturated rings. The highest BCUT2D eigenvalue weighted by molar-refractivity contribution is 7.20. The molecule has 3 rings (SSSR count). The first-order valence-corrected chi connectivity index (χ1v) is 9.68. The van der Waals surface area contributed by atoms with Gasteiger partial charge in [-0.1, -0.05) is 38.0 Å². The first-order valence-electron chi connectivity index (χ1n) is 8.86. The van der Waals surface area contributed by atoms with Crippen LogP contribution in [0.15, 0.2) is 41.5 Å². The minimum absolute atomic E-state index is 0.0544. The lowest BCUT2D eigenvalue weighted by Crippen LogP contribution is -2.26. The molecule has 0 saturated carbocycles. The van der Waals surface area contributed by atoms with Crippen molar-refractivity contribution in [2.24, 2.45) is 0 Å². The molecular weight excluding hydrogens is 346 g/mol. The van der Waals surface area contributed by atoms with Crippen LogP contribution in [-0.4, -0.2) is 22.5 Å². The van der Waals surface area contributed by atoms with Crippen LogP contribution in [0.2, 0.25) is 0 Å². The van der Waals surface area contributed by atoms with E-state index in [4.69, 9.17) is 0 Å². The SMILES string of the molecule is CCCCCn1cnc2sc(C(=O)N(C)c3ccccc3)c(C)c2c1=O. The van der Waals surface area contributed by atoms with Gasteiger partial charge in [-0.25, -0.2) is 4.98 Å². The Hall–Kier alpha value is -2.47. The molecule has 6 heteroatoms. The van der Waals surface area contributed by atoms with Crippen LogP contribution in [0, 0.1) is 6.92 Å². The lowest BCUT2D eigenvalue weighted by Gasteiger charge is -2.16. The Balaban J connectivity index is 1.97. The average Bonchev–Trinajstić information content (AvgIpc) is 3.00. The van der Waals surface area contributed by atoms with Crippen LogP contribution >= 0.6 is 11.3 Å². The molecule has 0 saturated heterocycles. The van der Waals surface area contributed by atoms with Crippen molar-refractivity contribution in [2.45, 2.75) is 39.7 Å². The Morgan fingerprint density at radius 3 is 2.65 bits per heavy atom. The van der Waals surface area contributed by atoms with Gasteiger partial charge in [0.05, 0.1) is 16.6 Å². The first-order chi connectivity index (χ1) is 12.5. The summed E-state index contributed by atoms with van der Waals surface area (Å²) < 4.78 is 1.66. The fourth-order valence-corrected chi connectivity index (χ4v) is 4.09. The molecule has 0 unspecified atom stereocenters. The zero-order valence-electron chi connectivity index (χ0n) is 15.4. The van der Waals surface area contributed by atoms with Gasteiger partial charge in [0.25, 0.3) is 11.5 Å². The number of aromatic nitrogens is 2. The van der Waals surface area contributed by atoms with E-state index >= 15 is 0 Å². The van der Waals surface area contributed by atoms with E-state index in [0.29, 0.717) is 21.6 Å². The number of amides is 1. The number of benzene rings is 1. The molecule has 0 spiro atoms. The minimum Gasteiger partial charge on any atom is -0.311 e. The topological polar surface area (TPSA) is 55.2 Å². The summed E-state index contributed by atoms with van der Waals surface area (Å²) in [5, 5.41) is 0.568. The lowest BCUT2D eigenvalue weighted by atomic mass is 10.2. The molecule has 1 amide bonds. The predicted octanol–water partition coefficient (Wildman–Crippen LogP) is 4.23. The normalized spacial score (nSPS) is 11.0. The second-order valence-electron chi connectivity index (χ2n) is 6.39. The number of rotatable bonds is 6. The summed E-state index contributed by atoms with van der Waals surface area (Å²) in [6, 6.07) is 9.48. The van der Waals surface area contributed by atoms with E-state index in [2.05, 4.69) is 11.9 Å². The molecule has 2 aromatic heterocycles. The fourth-order valence-electron chi connectivity index (χ4n) is 2.98. The van der Waals surface area contributed by atoms with Crippen LogP contribution in [0.1, 0.15) is 41.4 Å². The third-order valence-electron chi connectivity index (χ3n) is 4.56. The Labute approximate surface area is 156 Å². The number of anilines is 1. The Bertz CT molecular complexity index is 976. The number of thiophene rings is 1. The van der Waals surface area contributed by atoms with E-state index in [1.165, 1.54) is 11.3 Å². The Morgan fingerprint density at radius 1 is 1.23 bits per heavy atom. The minimum atomic E-state index is -0.117. The summed E-state index contributed by atoms with van der Waals surface area (Å²) in [7, 11) is 1.75. The van der Waals surface area contributed by atoms with Gasteiger partial charge in [-0.05, 0) is 31.0 Å². The van der Waals surface area contributed by atoms with Gasteiger partial charge in [0.2, 0.25) is 0 Å². The largest absolute Gasteiger partial charge is 0.311 e. The lowest BCUT2D eigenvalue weighted by molar-refractivity contribution is 0.0996. The summed E-state index contributed by atoms with van der Waals surface area (Å²) >= 11 is 1.29. The number of carbonyl (C=O) groups is 1. The van der Waals surface area contributed by atoms with Gasteiger partial charge in [-0.3, -0.25) is 14.2 Å². The van der Waals surface area contributed by atoms with E-state index in [1.54, 1.807) is 22.8 Å². The second kappa shape index (κ2) is 7.83. The number of unbranched alkanes of at least 4 members (excludes halogenated alkanes) is 2. The molecule has 0 aliphatic rings. The molecule has 136 valence electrons. The second-order valence-corrected chi connectivity index (χ2v) is 7.39. The molecule has 0 bridgehead atoms. The first kappa shape index (κ1) is 18.3. The van der Waals surface area contributed by atoms with Crippen LogP contribution in [0.25, 0.3) is 10.2 Å². The standard InChI is InChI=1S/C20H23N3O2S/c1-4-5-9-12-23-13-21-18-16(19(23)24)14(2)17(26-18)20(25)22(3)15-10-7-6-8-11-15/h6-8,10-11,13H,4-5,9,12H2,1-3H3. The highest BCUT2D eigenvalue weighted by atomic mass is 32.1. The summed E-state index contributed by atoms with van der Waals surface area (Å²) in [6.07, 6.45) is 4.74. The van der Waals surface area contributed by atoms with Crippen LogP contribution in [-0.2, 0) is 6.54 Å². The van der Waals surface area contributed by atoms with Crippen LogP contribution in [0.4, 0.5) is 5.69 Å². The predicted molar refractivity (Wildman–Crippen MR) is 107 cm³/mol. The summed E-state index contributed by atoms with van der Waals surface area (Å²) in [5.41, 5.74) is 1.49. The fraction of sp³-hybridized carbons (Fsp3) is 0.350. The highest BCUT2D eigenvalue weighted by Gasteiger charge is 2.22. The molecule has 0 atom stereocenters. The molecule has 0 aliphatic heterocycles. The van der Waals surface area contributed by atoms with Crippen molar-refractivity contribution in [1.29, 1.82) is 0 Å². The highest BCUT2D eigenvalue weighted by Crippen LogP contribution is 2.29. The summed E-state index contributed by atoms with van der Waals surface area (Å²) in [6.45, 7) is 4.64. The van der Waals surface area contributed by atoms with Crippen LogP contribution < -0.4 is 10.5 Å². The maximum atomic E-state index is 12.9. The van der Waals surface area contributed by atoms with Crippen molar-refractivity contribution in [3.8, 4) is 0 Å². The molecule has 0 aliphatic carbocycles. The monoisotopic (exact) mass is 369 g/mol. The quantitative estimate of drug-likeness (QED) is 0.611. The molecule has 2 heterocycles. The van der Waals surface area contributed by atoms with Gasteiger partial charge >= 0.3 is 0 Å². The molecule has 0 N–H and O–H groups in total. The molecule has 5 nitrogen and oxygen atoms in total. The average molecular weight is 369 g/mol. The van der Waals surface area contributed by atoms with Crippen molar-refractivity contribution in [3.63, 3.8) is 0 Å². The maximum absolute atomic E-state index is 12.9. The van der Waals surface area contributed by atoms with Crippen molar-refractivity contribution in [2.75, 3.05) is 11.9 Å². The molecule has 26 heavy (non-hydrogen) atoms. The zero-order valence-corrected chi connectivity index (χ0v) is 16.2. The van der Waals surface area contributed by atoms with Gasteiger partial charge in [-0.2, -0.15) is 0 Å². The molecule has 1 aromatic carbocycles. The van der Waals surface area contributed by atoms with Crippen molar-refractivity contribution in [1.82, 2.24) is 9.55 Å². The zero-order chi connectivity index (χ0) is 18.7. The van der Waals surface area contributed by atoms with Crippen LogP contribution in [0.3, 0.4) is 0 Å². The summed E-state index contributed by atoms with van der Waals surface area (Å²) in [5.74, 6) is -0.117. The number of fused-ring (bicyclic) bond motifs is 1. The smallest absolute Gasteiger partial charge is 0.268 e. The van der Waals surface area contributed by atoms with Gasteiger partial charge in [-0.15, -0.1) is 11.3 Å². The van der Waals surface area contributed by atoms with Gasteiger partial charge in [0.1, 0.15) is 4.83 Å². The van der Waals surface area contributed by atoms with E-state index < -0.39 is 0 Å². The van der Waals surface area contributed by atoms with Crippen molar-refractivity contribution in [3.05, 3.63) is 57.5 Å². The number of nitrogens with zero attached hydrogens (tertiary/aromatic N) is 3. The van der Waals surface area contributed by atoms with E-state index in [0.717, 1.165) is 30.5 Å². The van der Waals surface area contributed by atoms with Crippen molar-refractivity contribution >= 4 is 33.1 Å². The van der Waals surface area contributed by atoms with E-state index in [-0.39, 0.29) is 11.5 Å². The number of para-hydroxylation sites is 1. The van der Waals surface area contributed by atoms with Crippen LogP contribution in [0.5, 0.6) is 0 Å². The Morgan fingerprint density at radius 2 is 1.96 bits per heavy atom. The van der Waals surface area contributed by atoms with Gasteiger partial charge in [0, 0.05) is 19.3 Å². The molecule has 0 radical (unpaired) electrons. The summed E-state index contributed by atoms with van der Waals surface area (Å²) in [4.78, 5) is 33.0. The maximum Gasteiger partial charge on any atom is 0.268 e.